The van der Waals surface area contributed by atoms with E-state index in [2.05, 4.69) is 29.4 Å². The van der Waals surface area contributed by atoms with Crippen LogP contribution in [0.15, 0.2) is 48.5 Å². The molecule has 1 aromatic heterocycles. The second-order valence-corrected chi connectivity index (χ2v) is 8.21. The predicted octanol–water partition coefficient (Wildman–Crippen LogP) is 3.09. The van der Waals surface area contributed by atoms with E-state index < -0.39 is 0 Å². The van der Waals surface area contributed by atoms with Gasteiger partial charge in [0.1, 0.15) is 0 Å². The highest BCUT2D eigenvalue weighted by Gasteiger charge is 2.26. The molecule has 2 heterocycles. The van der Waals surface area contributed by atoms with Crippen molar-refractivity contribution in [2.45, 2.75) is 32.1 Å². The monoisotopic (exact) mass is 404 g/mol. The van der Waals surface area contributed by atoms with Gasteiger partial charge in [0.05, 0.1) is 5.52 Å². The molecular formula is C24H28N4O2. The largest absolute Gasteiger partial charge is 0.370 e. The molecule has 6 nitrogen and oxygen atoms in total. The minimum Gasteiger partial charge on any atom is -0.370 e. The van der Waals surface area contributed by atoms with Gasteiger partial charge in [-0.25, -0.2) is 0 Å². The van der Waals surface area contributed by atoms with Crippen LogP contribution in [0.4, 0.5) is 0 Å². The summed E-state index contributed by atoms with van der Waals surface area (Å²) < 4.78 is 1.78. The minimum absolute atomic E-state index is 0.0315. The van der Waals surface area contributed by atoms with E-state index in [1.54, 1.807) is 4.68 Å². The maximum Gasteiger partial charge on any atom is 0.275 e. The Hall–Kier alpha value is -3.15. The van der Waals surface area contributed by atoms with Crippen LogP contribution >= 0.6 is 0 Å². The van der Waals surface area contributed by atoms with E-state index in [4.69, 9.17) is 5.73 Å². The second-order valence-electron chi connectivity index (χ2n) is 8.21. The van der Waals surface area contributed by atoms with Gasteiger partial charge in [0.15, 0.2) is 5.69 Å². The zero-order valence-corrected chi connectivity index (χ0v) is 17.4. The van der Waals surface area contributed by atoms with Gasteiger partial charge >= 0.3 is 0 Å². The smallest absolute Gasteiger partial charge is 0.275 e. The SMILES string of the molecule is Cn1nc(C(=O)N2CCC(Cc3ccc(CCC(N)=O)cc3)CC2)c2ccccc21. The third-order valence-corrected chi connectivity index (χ3v) is 6.07. The molecule has 0 unspecified atom stereocenters. The number of para-hydroxylation sites is 1. The normalized spacial score (nSPS) is 14.9. The summed E-state index contributed by atoms with van der Waals surface area (Å²) in [5.41, 5.74) is 9.20. The Bertz CT molecular complexity index is 1050. The number of aryl methyl sites for hydroxylation is 2. The van der Waals surface area contributed by atoms with Crippen molar-refractivity contribution < 1.29 is 9.59 Å². The highest BCUT2D eigenvalue weighted by molar-refractivity contribution is 6.04. The first-order chi connectivity index (χ1) is 14.5. The molecule has 1 fully saturated rings. The molecule has 0 atom stereocenters. The van der Waals surface area contributed by atoms with Crippen LogP contribution in [0.25, 0.3) is 10.9 Å². The fourth-order valence-corrected chi connectivity index (χ4v) is 4.30. The number of rotatable bonds is 6. The highest BCUT2D eigenvalue weighted by atomic mass is 16.2. The molecule has 4 rings (SSSR count). The summed E-state index contributed by atoms with van der Waals surface area (Å²) >= 11 is 0. The van der Waals surface area contributed by atoms with Gasteiger partial charge in [0, 0.05) is 31.9 Å². The number of nitrogens with zero attached hydrogens (tertiary/aromatic N) is 3. The quantitative estimate of drug-likeness (QED) is 0.685. The van der Waals surface area contributed by atoms with E-state index in [1.807, 2.05) is 36.2 Å². The first-order valence-electron chi connectivity index (χ1n) is 10.6. The molecule has 1 aliphatic heterocycles. The molecule has 0 aliphatic carbocycles. The van der Waals surface area contributed by atoms with Crippen molar-refractivity contribution in [3.63, 3.8) is 0 Å². The molecule has 0 spiro atoms. The van der Waals surface area contributed by atoms with Gasteiger partial charge in [-0.15, -0.1) is 0 Å². The van der Waals surface area contributed by atoms with Crippen molar-refractivity contribution in [2.75, 3.05) is 13.1 Å². The van der Waals surface area contributed by atoms with E-state index in [0.717, 1.165) is 48.8 Å². The minimum atomic E-state index is -0.265. The zero-order chi connectivity index (χ0) is 21.1. The number of fused-ring (bicyclic) bond motifs is 1. The molecule has 0 bridgehead atoms. The molecule has 2 amide bonds. The van der Waals surface area contributed by atoms with Crippen molar-refractivity contribution in [3.8, 4) is 0 Å². The summed E-state index contributed by atoms with van der Waals surface area (Å²) in [4.78, 5) is 25.9. The van der Waals surface area contributed by atoms with Crippen LogP contribution in [-0.4, -0.2) is 39.6 Å². The van der Waals surface area contributed by atoms with E-state index in [1.165, 1.54) is 5.56 Å². The van der Waals surface area contributed by atoms with Crippen LogP contribution in [0, 0.1) is 5.92 Å². The lowest BCUT2D eigenvalue weighted by Gasteiger charge is -2.31. The molecule has 1 aliphatic rings. The summed E-state index contributed by atoms with van der Waals surface area (Å²) in [5, 5.41) is 5.40. The predicted molar refractivity (Wildman–Crippen MR) is 117 cm³/mol. The fourth-order valence-electron chi connectivity index (χ4n) is 4.30. The van der Waals surface area contributed by atoms with Gasteiger partial charge in [0.2, 0.25) is 5.91 Å². The van der Waals surface area contributed by atoms with Gasteiger partial charge in [-0.1, -0.05) is 42.5 Å². The van der Waals surface area contributed by atoms with Gasteiger partial charge in [-0.2, -0.15) is 5.10 Å². The Labute approximate surface area is 176 Å². The summed E-state index contributed by atoms with van der Waals surface area (Å²) in [7, 11) is 1.88. The average Bonchev–Trinajstić information content (AvgIpc) is 3.10. The number of amides is 2. The Morgan fingerprint density at radius 2 is 1.70 bits per heavy atom. The van der Waals surface area contributed by atoms with E-state index in [9.17, 15) is 9.59 Å². The molecule has 0 radical (unpaired) electrons. The number of benzene rings is 2. The Morgan fingerprint density at radius 3 is 2.40 bits per heavy atom. The Morgan fingerprint density at radius 1 is 1.03 bits per heavy atom. The van der Waals surface area contributed by atoms with E-state index >= 15 is 0 Å². The third kappa shape index (κ3) is 4.37. The maximum atomic E-state index is 13.1. The van der Waals surface area contributed by atoms with Gasteiger partial charge in [0.25, 0.3) is 5.91 Å². The van der Waals surface area contributed by atoms with E-state index in [-0.39, 0.29) is 11.8 Å². The van der Waals surface area contributed by atoms with Gasteiger partial charge < -0.3 is 10.6 Å². The van der Waals surface area contributed by atoms with Crippen LogP contribution in [0.2, 0.25) is 0 Å². The fraction of sp³-hybridized carbons (Fsp3) is 0.375. The van der Waals surface area contributed by atoms with Crippen LogP contribution in [0.1, 0.15) is 40.9 Å². The molecule has 1 saturated heterocycles. The zero-order valence-electron chi connectivity index (χ0n) is 17.4. The average molecular weight is 405 g/mol. The molecule has 6 heteroatoms. The van der Waals surface area contributed by atoms with Crippen LogP contribution in [-0.2, 0) is 24.7 Å². The maximum absolute atomic E-state index is 13.1. The second kappa shape index (κ2) is 8.69. The number of carbonyl (C=O) groups excluding carboxylic acids is 2. The topological polar surface area (TPSA) is 81.2 Å². The number of hydrogen-bond acceptors (Lipinski definition) is 3. The molecule has 3 aromatic rings. The first-order valence-corrected chi connectivity index (χ1v) is 10.6. The van der Waals surface area contributed by atoms with Gasteiger partial charge in [-0.05, 0) is 48.8 Å². The van der Waals surface area contributed by atoms with Crippen molar-refractivity contribution in [1.29, 1.82) is 0 Å². The van der Waals surface area contributed by atoms with Crippen molar-refractivity contribution in [3.05, 3.63) is 65.4 Å². The lowest BCUT2D eigenvalue weighted by molar-refractivity contribution is -0.117. The van der Waals surface area contributed by atoms with Crippen molar-refractivity contribution in [1.82, 2.24) is 14.7 Å². The molecule has 2 aromatic carbocycles. The summed E-state index contributed by atoms with van der Waals surface area (Å²) in [5.74, 6) is 0.342. The number of hydrogen-bond donors (Lipinski definition) is 1. The third-order valence-electron chi connectivity index (χ3n) is 6.07. The Balaban J connectivity index is 1.33. The van der Waals surface area contributed by atoms with Crippen molar-refractivity contribution in [2.24, 2.45) is 18.7 Å². The van der Waals surface area contributed by atoms with Crippen LogP contribution < -0.4 is 5.73 Å². The summed E-state index contributed by atoms with van der Waals surface area (Å²) in [6, 6.07) is 16.3. The number of piperidine rings is 1. The van der Waals surface area contributed by atoms with Crippen molar-refractivity contribution >= 4 is 22.7 Å². The number of carbonyl (C=O) groups is 2. The number of primary amides is 1. The number of aromatic nitrogens is 2. The summed E-state index contributed by atoms with van der Waals surface area (Å²) in [6.45, 7) is 1.54. The molecule has 156 valence electrons. The molecule has 0 saturated carbocycles. The number of nitrogens with two attached hydrogens (primary N) is 1. The first kappa shape index (κ1) is 20.1. The lowest BCUT2D eigenvalue weighted by Crippen LogP contribution is -2.39. The standard InChI is InChI=1S/C24H28N4O2/c1-27-21-5-3-2-4-20(21)23(26-27)24(30)28-14-12-19(13-15-28)16-18-8-6-17(7-9-18)10-11-22(25)29/h2-9,19H,10-16H2,1H3,(H2,25,29). The van der Waals surface area contributed by atoms with E-state index in [0.29, 0.717) is 24.5 Å². The number of likely N-dealkylation sites (tertiary alicyclic amines) is 1. The van der Waals surface area contributed by atoms with Gasteiger partial charge in [-0.3, -0.25) is 14.3 Å². The van der Waals surface area contributed by atoms with Crippen LogP contribution in [0.5, 0.6) is 0 Å². The molecule has 2 N–H and O–H groups in total. The summed E-state index contributed by atoms with van der Waals surface area (Å²) in [6.07, 6.45) is 4.10. The van der Waals surface area contributed by atoms with Crippen LogP contribution in [0.3, 0.4) is 0 Å². The molecule has 30 heavy (non-hydrogen) atoms. The molecular weight excluding hydrogens is 376 g/mol. The highest BCUT2D eigenvalue weighted by Crippen LogP contribution is 2.25. The Kier molecular flexibility index (Phi) is 5.84. The lowest BCUT2D eigenvalue weighted by atomic mass is 9.89.